The number of sulfonamides is 1. The number of nitrogens with one attached hydrogen (secondary N) is 1. The van der Waals surface area contributed by atoms with Crippen LogP contribution in [-0.4, -0.2) is 8.42 Å². The summed E-state index contributed by atoms with van der Waals surface area (Å²) in [6.45, 7) is 3.73. The van der Waals surface area contributed by atoms with Crippen LogP contribution in [0.15, 0.2) is 47.4 Å². The average molecular weight is 293 g/mol. The average Bonchev–Trinajstić information content (AvgIpc) is 2.42. The largest absolute Gasteiger partial charge is 0.277 e. The number of hydrogen-bond donors (Lipinski definition) is 1. The molecule has 2 rings (SSSR count). The van der Waals surface area contributed by atoms with Gasteiger partial charge in [-0.2, -0.15) is 0 Å². The number of aryl methyl sites for hydroxylation is 2. The molecule has 0 fully saturated rings. The molecule has 0 saturated heterocycles. The first-order valence-electron chi connectivity index (χ1n) is 6.30. The molecule has 0 bridgehead atoms. The first-order valence-corrected chi connectivity index (χ1v) is 7.78. The first-order chi connectivity index (χ1) is 9.42. The third-order valence-corrected chi connectivity index (χ3v) is 4.39. The minimum Gasteiger partial charge on any atom is -0.277 e. The molecule has 1 N–H and O–H groups in total. The van der Waals surface area contributed by atoms with Crippen LogP contribution >= 0.6 is 0 Å². The number of anilines is 1. The lowest BCUT2D eigenvalue weighted by Crippen LogP contribution is -2.14. The van der Waals surface area contributed by atoms with E-state index in [0.717, 1.165) is 17.5 Å². The van der Waals surface area contributed by atoms with Gasteiger partial charge >= 0.3 is 0 Å². The van der Waals surface area contributed by atoms with Crippen molar-refractivity contribution in [3.05, 3.63) is 59.4 Å². The lowest BCUT2D eigenvalue weighted by atomic mass is 10.2. The predicted molar refractivity (Wildman–Crippen MR) is 77.8 cm³/mol. The Hall–Kier alpha value is -1.88. The maximum absolute atomic E-state index is 13.7. The molecule has 0 aliphatic heterocycles. The monoisotopic (exact) mass is 293 g/mol. The standard InChI is InChI=1S/C15H16FNO2S/c1-3-12-5-7-13(8-6-12)20(18,19)17-15-9-4-11(2)10-14(15)16/h4-10,17H,3H2,1-2H3. The maximum Gasteiger partial charge on any atom is 0.261 e. The van der Waals surface area contributed by atoms with Gasteiger partial charge in [-0.15, -0.1) is 0 Å². The lowest BCUT2D eigenvalue weighted by molar-refractivity contribution is 0.598. The summed E-state index contributed by atoms with van der Waals surface area (Å²) in [5.74, 6) is -0.584. The van der Waals surface area contributed by atoms with Gasteiger partial charge in [-0.3, -0.25) is 4.72 Å². The van der Waals surface area contributed by atoms with Crippen LogP contribution in [0.1, 0.15) is 18.1 Å². The van der Waals surface area contributed by atoms with Crippen LogP contribution in [-0.2, 0) is 16.4 Å². The highest BCUT2D eigenvalue weighted by Crippen LogP contribution is 2.20. The molecule has 106 valence electrons. The van der Waals surface area contributed by atoms with E-state index in [1.165, 1.54) is 24.3 Å². The van der Waals surface area contributed by atoms with Gasteiger partial charge in [-0.1, -0.05) is 25.1 Å². The van der Waals surface area contributed by atoms with E-state index < -0.39 is 15.8 Å². The fourth-order valence-corrected chi connectivity index (χ4v) is 2.88. The molecule has 0 spiro atoms. The van der Waals surface area contributed by atoms with Crippen LogP contribution in [0.4, 0.5) is 10.1 Å². The quantitative estimate of drug-likeness (QED) is 0.938. The summed E-state index contributed by atoms with van der Waals surface area (Å²) in [4.78, 5) is 0.120. The van der Waals surface area contributed by atoms with Crippen LogP contribution in [0, 0.1) is 12.7 Å². The van der Waals surface area contributed by atoms with Gasteiger partial charge in [0.2, 0.25) is 0 Å². The van der Waals surface area contributed by atoms with Crippen LogP contribution in [0.5, 0.6) is 0 Å². The molecule has 2 aromatic carbocycles. The van der Waals surface area contributed by atoms with E-state index in [2.05, 4.69) is 4.72 Å². The molecule has 0 radical (unpaired) electrons. The second kappa shape index (κ2) is 5.63. The first kappa shape index (κ1) is 14.5. The van der Waals surface area contributed by atoms with E-state index in [0.29, 0.717) is 0 Å². The zero-order valence-corrected chi connectivity index (χ0v) is 12.2. The van der Waals surface area contributed by atoms with E-state index in [4.69, 9.17) is 0 Å². The highest BCUT2D eigenvalue weighted by molar-refractivity contribution is 7.92. The zero-order valence-electron chi connectivity index (χ0n) is 11.4. The van der Waals surface area contributed by atoms with Crippen LogP contribution in [0.2, 0.25) is 0 Å². The van der Waals surface area contributed by atoms with Crippen molar-refractivity contribution in [3.63, 3.8) is 0 Å². The summed E-state index contributed by atoms with van der Waals surface area (Å²) < 4.78 is 40.3. The van der Waals surface area contributed by atoms with Gasteiger partial charge in [-0.05, 0) is 48.7 Å². The Balaban J connectivity index is 2.30. The smallest absolute Gasteiger partial charge is 0.261 e. The fraction of sp³-hybridized carbons (Fsp3) is 0.200. The van der Waals surface area contributed by atoms with Crippen LogP contribution in [0.25, 0.3) is 0 Å². The van der Waals surface area contributed by atoms with E-state index in [9.17, 15) is 12.8 Å². The van der Waals surface area contributed by atoms with Gasteiger partial charge in [0.15, 0.2) is 0 Å². The van der Waals surface area contributed by atoms with Crippen molar-refractivity contribution in [1.29, 1.82) is 0 Å². The minimum absolute atomic E-state index is 0.0461. The molecule has 2 aromatic rings. The van der Waals surface area contributed by atoms with Crippen molar-refractivity contribution in [2.24, 2.45) is 0 Å². The summed E-state index contributed by atoms with van der Waals surface area (Å²) >= 11 is 0. The molecule has 0 aromatic heterocycles. The Kier molecular flexibility index (Phi) is 4.09. The maximum atomic E-state index is 13.7. The molecule has 0 amide bonds. The Morgan fingerprint density at radius 2 is 1.75 bits per heavy atom. The van der Waals surface area contributed by atoms with Crippen molar-refractivity contribution in [2.45, 2.75) is 25.2 Å². The highest BCUT2D eigenvalue weighted by atomic mass is 32.2. The molecular weight excluding hydrogens is 277 g/mol. The molecule has 0 saturated carbocycles. The molecular formula is C15H16FNO2S. The second-order valence-electron chi connectivity index (χ2n) is 4.59. The number of rotatable bonds is 4. The van der Waals surface area contributed by atoms with Crippen LogP contribution in [0.3, 0.4) is 0 Å². The molecule has 3 nitrogen and oxygen atoms in total. The normalized spacial score (nSPS) is 11.3. The van der Waals surface area contributed by atoms with Gasteiger partial charge in [0.05, 0.1) is 10.6 Å². The second-order valence-corrected chi connectivity index (χ2v) is 6.27. The lowest BCUT2D eigenvalue weighted by Gasteiger charge is -2.10. The highest BCUT2D eigenvalue weighted by Gasteiger charge is 2.16. The molecule has 0 unspecified atom stereocenters. The Morgan fingerprint density at radius 3 is 2.30 bits per heavy atom. The molecule has 0 heterocycles. The van der Waals surface area contributed by atoms with E-state index in [-0.39, 0.29) is 10.6 Å². The predicted octanol–water partition coefficient (Wildman–Crippen LogP) is 3.50. The summed E-state index contributed by atoms with van der Waals surface area (Å²) in [6, 6.07) is 10.9. The van der Waals surface area contributed by atoms with Crippen molar-refractivity contribution in [3.8, 4) is 0 Å². The van der Waals surface area contributed by atoms with E-state index in [1.54, 1.807) is 25.1 Å². The fourth-order valence-electron chi connectivity index (χ4n) is 1.81. The molecule has 0 aliphatic carbocycles. The SMILES string of the molecule is CCc1ccc(S(=O)(=O)Nc2ccc(C)cc2F)cc1. The van der Waals surface area contributed by atoms with Gasteiger partial charge < -0.3 is 0 Å². The third-order valence-electron chi connectivity index (χ3n) is 3.01. The van der Waals surface area contributed by atoms with Crippen molar-refractivity contribution in [2.75, 3.05) is 4.72 Å². The minimum atomic E-state index is -3.76. The van der Waals surface area contributed by atoms with E-state index >= 15 is 0 Å². The van der Waals surface area contributed by atoms with Gasteiger partial charge in [0.1, 0.15) is 5.82 Å². The third kappa shape index (κ3) is 3.17. The Labute approximate surface area is 118 Å². The molecule has 20 heavy (non-hydrogen) atoms. The summed E-state index contributed by atoms with van der Waals surface area (Å²) in [5, 5.41) is 0. The zero-order chi connectivity index (χ0) is 14.8. The number of benzene rings is 2. The summed E-state index contributed by atoms with van der Waals surface area (Å²) in [7, 11) is -3.76. The van der Waals surface area contributed by atoms with Crippen LogP contribution < -0.4 is 4.72 Å². The topological polar surface area (TPSA) is 46.2 Å². The van der Waals surface area contributed by atoms with Gasteiger partial charge in [0, 0.05) is 0 Å². The van der Waals surface area contributed by atoms with E-state index in [1.807, 2.05) is 6.92 Å². The Bertz CT molecular complexity index is 709. The number of halogens is 1. The Morgan fingerprint density at radius 1 is 1.10 bits per heavy atom. The summed E-state index contributed by atoms with van der Waals surface area (Å²) in [6.07, 6.45) is 0.834. The van der Waals surface area contributed by atoms with Crippen molar-refractivity contribution in [1.82, 2.24) is 0 Å². The van der Waals surface area contributed by atoms with Crippen molar-refractivity contribution < 1.29 is 12.8 Å². The molecule has 0 aliphatic rings. The molecule has 5 heteroatoms. The molecule has 0 atom stereocenters. The van der Waals surface area contributed by atoms with Gasteiger partial charge in [0.25, 0.3) is 10.0 Å². The van der Waals surface area contributed by atoms with Crippen molar-refractivity contribution >= 4 is 15.7 Å². The summed E-state index contributed by atoms with van der Waals surface area (Å²) in [5.41, 5.74) is 1.73. The van der Waals surface area contributed by atoms with Gasteiger partial charge in [-0.25, -0.2) is 12.8 Å². The number of hydrogen-bond acceptors (Lipinski definition) is 2.